The Morgan fingerprint density at radius 1 is 1.58 bits per heavy atom. The number of hydrogen-bond donors (Lipinski definition) is 0. The predicted molar refractivity (Wildman–Crippen MR) is 37.1 cm³/mol. The summed E-state index contributed by atoms with van der Waals surface area (Å²) >= 11 is 0. The molecule has 0 radical (unpaired) electrons. The van der Waals surface area contributed by atoms with Gasteiger partial charge < -0.3 is 4.90 Å². The van der Waals surface area contributed by atoms with Gasteiger partial charge in [-0.15, -0.1) is 6.42 Å². The maximum atomic E-state index is 11.6. The molecular weight excluding hydrogens is 171 g/mol. The summed E-state index contributed by atoms with van der Waals surface area (Å²) in [5.74, 6) is 1.06. The van der Waals surface area contributed by atoms with Gasteiger partial charge in [-0.05, 0) is 0 Å². The Hall–Kier alpha value is -1.18. The van der Waals surface area contributed by atoms with E-state index in [1.54, 1.807) is 0 Å². The molecule has 0 N–H and O–H groups in total. The second-order valence-corrected chi connectivity index (χ2v) is 2.25. The number of nitrogens with zero attached hydrogens (tertiary/aromatic N) is 1. The van der Waals surface area contributed by atoms with Gasteiger partial charge in [-0.3, -0.25) is 4.79 Å². The third kappa shape index (κ3) is 4.61. The van der Waals surface area contributed by atoms with E-state index in [0.29, 0.717) is 0 Å². The van der Waals surface area contributed by atoms with Gasteiger partial charge in [0.15, 0.2) is 0 Å². The molecule has 0 fully saturated rings. The maximum absolute atomic E-state index is 11.6. The van der Waals surface area contributed by atoms with Crippen LogP contribution < -0.4 is 0 Å². The number of halogens is 3. The van der Waals surface area contributed by atoms with Gasteiger partial charge in [0, 0.05) is 7.05 Å². The molecule has 0 aromatic rings. The van der Waals surface area contributed by atoms with Crippen molar-refractivity contribution in [1.29, 1.82) is 0 Å². The topological polar surface area (TPSA) is 20.3 Å². The molecule has 0 aliphatic rings. The highest BCUT2D eigenvalue weighted by atomic mass is 19.4. The van der Waals surface area contributed by atoms with Crippen molar-refractivity contribution >= 4 is 5.91 Å². The van der Waals surface area contributed by atoms with E-state index in [4.69, 9.17) is 6.42 Å². The Bertz CT molecular complexity index is 204. The molecule has 0 heterocycles. The van der Waals surface area contributed by atoms with Gasteiger partial charge in [-0.25, -0.2) is 0 Å². The van der Waals surface area contributed by atoms with Crippen LogP contribution in [0.5, 0.6) is 0 Å². The molecule has 0 rings (SSSR count). The van der Waals surface area contributed by atoms with Crippen LogP contribution in [0.4, 0.5) is 13.2 Å². The molecule has 1 amide bonds. The van der Waals surface area contributed by atoms with Crippen LogP contribution in [0.2, 0.25) is 0 Å². The van der Waals surface area contributed by atoms with Gasteiger partial charge >= 0.3 is 6.18 Å². The predicted octanol–water partition coefficient (Wildman–Crippen LogP) is 1.03. The number of carbonyl (C=O) groups excluding carboxylic acids is 1. The molecule has 0 spiro atoms. The first-order chi connectivity index (χ1) is 5.37. The summed E-state index contributed by atoms with van der Waals surface area (Å²) in [5, 5.41) is 0. The van der Waals surface area contributed by atoms with Crippen molar-refractivity contribution in [3.05, 3.63) is 0 Å². The van der Waals surface area contributed by atoms with E-state index in [1.807, 2.05) is 0 Å². The van der Waals surface area contributed by atoms with Crippen LogP contribution in [-0.4, -0.2) is 30.6 Å². The van der Waals surface area contributed by atoms with Crippen LogP contribution in [0.3, 0.4) is 0 Å². The van der Waals surface area contributed by atoms with Crippen molar-refractivity contribution in [2.24, 2.45) is 0 Å². The van der Waals surface area contributed by atoms with Gasteiger partial charge in [0.2, 0.25) is 5.91 Å². The summed E-state index contributed by atoms with van der Waals surface area (Å²) in [6.45, 7) is -0.102. The van der Waals surface area contributed by atoms with Gasteiger partial charge in [-0.1, -0.05) is 5.92 Å². The number of hydrogen-bond acceptors (Lipinski definition) is 1. The van der Waals surface area contributed by atoms with E-state index >= 15 is 0 Å². The van der Waals surface area contributed by atoms with E-state index < -0.39 is 18.5 Å². The van der Waals surface area contributed by atoms with Gasteiger partial charge in [0.05, 0.1) is 6.54 Å². The number of rotatable bonds is 2. The first-order valence-corrected chi connectivity index (χ1v) is 3.11. The van der Waals surface area contributed by atoms with Crippen LogP contribution in [-0.2, 0) is 4.79 Å². The van der Waals surface area contributed by atoms with Crippen molar-refractivity contribution in [2.75, 3.05) is 13.6 Å². The molecule has 5 heteroatoms. The van der Waals surface area contributed by atoms with Crippen LogP contribution in [0.1, 0.15) is 6.42 Å². The van der Waals surface area contributed by atoms with Crippen molar-refractivity contribution in [2.45, 2.75) is 12.6 Å². The lowest BCUT2D eigenvalue weighted by atomic mass is 10.3. The summed E-state index contributed by atoms with van der Waals surface area (Å²) in [4.78, 5) is 11.5. The molecule has 0 atom stereocenters. The van der Waals surface area contributed by atoms with Crippen molar-refractivity contribution in [3.8, 4) is 12.3 Å². The molecule has 2 nitrogen and oxygen atoms in total. The molecule has 0 saturated heterocycles. The highest BCUT2D eigenvalue weighted by molar-refractivity contribution is 5.76. The fraction of sp³-hybridized carbons (Fsp3) is 0.571. The molecule has 0 aliphatic heterocycles. The molecule has 0 bridgehead atoms. The van der Waals surface area contributed by atoms with Gasteiger partial charge in [0.1, 0.15) is 6.42 Å². The third-order valence-corrected chi connectivity index (χ3v) is 1.11. The monoisotopic (exact) mass is 179 g/mol. The minimum absolute atomic E-state index is 0.102. The number of terminal acetylenes is 1. The maximum Gasteiger partial charge on any atom is 0.397 e. The fourth-order valence-corrected chi connectivity index (χ4v) is 0.532. The summed E-state index contributed by atoms with van der Waals surface area (Å²) in [5.41, 5.74) is 0. The summed E-state index contributed by atoms with van der Waals surface area (Å²) in [6.07, 6.45) is -1.11. The minimum atomic E-state index is -4.46. The van der Waals surface area contributed by atoms with E-state index in [-0.39, 0.29) is 6.54 Å². The van der Waals surface area contributed by atoms with E-state index in [9.17, 15) is 18.0 Å². The van der Waals surface area contributed by atoms with E-state index in [1.165, 1.54) is 7.05 Å². The summed E-state index contributed by atoms with van der Waals surface area (Å²) < 4.78 is 34.8. The molecular formula is C7H8F3NO. The average molecular weight is 179 g/mol. The summed E-state index contributed by atoms with van der Waals surface area (Å²) in [6, 6.07) is 0. The number of carbonyl (C=O) groups is 1. The normalized spacial score (nSPS) is 10.6. The lowest BCUT2D eigenvalue weighted by Gasteiger charge is -2.14. The summed E-state index contributed by atoms with van der Waals surface area (Å²) in [7, 11) is 1.23. The average Bonchev–Trinajstić information content (AvgIpc) is 1.84. The Morgan fingerprint density at radius 2 is 2.08 bits per heavy atom. The lowest BCUT2D eigenvalue weighted by molar-refractivity contribution is -0.159. The van der Waals surface area contributed by atoms with Gasteiger partial charge in [0.25, 0.3) is 0 Å². The van der Waals surface area contributed by atoms with Crippen LogP contribution in [0, 0.1) is 12.3 Å². The van der Waals surface area contributed by atoms with Crippen LogP contribution >= 0.6 is 0 Å². The number of alkyl halides is 3. The largest absolute Gasteiger partial charge is 0.397 e. The zero-order chi connectivity index (χ0) is 9.78. The van der Waals surface area contributed by atoms with Crippen molar-refractivity contribution in [1.82, 2.24) is 4.90 Å². The Kier molecular flexibility index (Phi) is 3.61. The van der Waals surface area contributed by atoms with Crippen molar-refractivity contribution < 1.29 is 18.0 Å². The lowest BCUT2D eigenvalue weighted by Crippen LogP contribution is -2.31. The van der Waals surface area contributed by atoms with Crippen molar-refractivity contribution in [3.63, 3.8) is 0 Å². The smallest absolute Gasteiger partial charge is 0.334 e. The minimum Gasteiger partial charge on any atom is -0.334 e. The highest BCUT2D eigenvalue weighted by Crippen LogP contribution is 2.19. The second kappa shape index (κ2) is 4.00. The fourth-order valence-electron chi connectivity index (χ4n) is 0.532. The first-order valence-electron chi connectivity index (χ1n) is 3.11. The molecule has 68 valence electrons. The van der Waals surface area contributed by atoms with Crippen LogP contribution in [0.15, 0.2) is 0 Å². The van der Waals surface area contributed by atoms with Gasteiger partial charge in [-0.2, -0.15) is 13.2 Å². The molecule has 0 aromatic heterocycles. The standard InChI is InChI=1S/C7H8F3NO/c1-3-4-11(2)6(12)5-7(8,9)10/h1H,4-5H2,2H3. The molecule has 0 aromatic carbocycles. The zero-order valence-corrected chi connectivity index (χ0v) is 6.48. The first kappa shape index (κ1) is 10.8. The SMILES string of the molecule is C#CCN(C)C(=O)CC(F)(F)F. The Morgan fingerprint density at radius 3 is 2.42 bits per heavy atom. The molecule has 0 unspecified atom stereocenters. The molecule has 0 saturated carbocycles. The molecule has 12 heavy (non-hydrogen) atoms. The van der Waals surface area contributed by atoms with Crippen LogP contribution in [0.25, 0.3) is 0 Å². The highest BCUT2D eigenvalue weighted by Gasteiger charge is 2.32. The Labute approximate surface area is 68.3 Å². The molecule has 0 aliphatic carbocycles. The number of amides is 1. The second-order valence-electron chi connectivity index (χ2n) is 2.25. The Balaban J connectivity index is 3.98. The van der Waals surface area contributed by atoms with E-state index in [0.717, 1.165) is 4.90 Å². The van der Waals surface area contributed by atoms with E-state index in [2.05, 4.69) is 5.92 Å². The quantitative estimate of drug-likeness (QED) is 0.580. The zero-order valence-electron chi connectivity index (χ0n) is 6.48. The third-order valence-electron chi connectivity index (χ3n) is 1.11.